The smallest absolute Gasteiger partial charge is 0.313 e. The molecule has 3 aromatic rings. The largest absolute Gasteiger partial charge is 0.348 e. The molecule has 0 aliphatic carbocycles. The summed E-state index contributed by atoms with van der Waals surface area (Å²) in [7, 11) is 0. The molecule has 158 valence electrons. The van der Waals surface area contributed by atoms with Crippen LogP contribution in [0.4, 0.5) is 5.69 Å². The molecule has 3 N–H and O–H groups in total. The Balaban J connectivity index is 1.58. The van der Waals surface area contributed by atoms with Gasteiger partial charge in [0.15, 0.2) is 0 Å². The summed E-state index contributed by atoms with van der Waals surface area (Å²) in [6, 6.07) is 23.9. The minimum atomic E-state index is -0.827. The Bertz CT molecular complexity index is 1050. The summed E-state index contributed by atoms with van der Waals surface area (Å²) < 4.78 is 0. The van der Waals surface area contributed by atoms with Crippen molar-refractivity contribution in [3.63, 3.8) is 0 Å². The molecule has 3 rings (SSSR count). The van der Waals surface area contributed by atoms with Crippen LogP contribution < -0.4 is 16.0 Å². The molecular weight excluding hydrogens is 390 g/mol. The molecule has 0 bridgehead atoms. The van der Waals surface area contributed by atoms with Crippen molar-refractivity contribution in [3.8, 4) is 0 Å². The lowest BCUT2D eigenvalue weighted by Gasteiger charge is -2.12. The second-order valence-electron chi connectivity index (χ2n) is 7.02. The number of amides is 3. The number of benzene rings is 3. The monoisotopic (exact) mass is 415 g/mol. The van der Waals surface area contributed by atoms with Gasteiger partial charge in [-0.1, -0.05) is 73.7 Å². The van der Waals surface area contributed by atoms with Gasteiger partial charge in [0.05, 0.1) is 11.3 Å². The van der Waals surface area contributed by atoms with Crippen LogP contribution in [0.2, 0.25) is 0 Å². The SMILES string of the molecule is CCc1ccc(CNC(=O)c2ccccc2NC(=O)C(=O)NCc2ccccc2)cc1. The second-order valence-corrected chi connectivity index (χ2v) is 7.02. The number of aryl methyl sites for hydroxylation is 1. The van der Waals surface area contributed by atoms with E-state index < -0.39 is 11.8 Å². The minimum absolute atomic E-state index is 0.242. The second kappa shape index (κ2) is 10.7. The summed E-state index contributed by atoms with van der Waals surface area (Å²) in [6.07, 6.45) is 0.957. The molecule has 0 atom stereocenters. The number of para-hydroxylation sites is 1. The van der Waals surface area contributed by atoms with Crippen molar-refractivity contribution in [2.75, 3.05) is 5.32 Å². The molecule has 3 amide bonds. The molecule has 31 heavy (non-hydrogen) atoms. The highest BCUT2D eigenvalue weighted by atomic mass is 16.2. The van der Waals surface area contributed by atoms with E-state index in [4.69, 9.17) is 0 Å². The zero-order chi connectivity index (χ0) is 22.1. The third kappa shape index (κ3) is 6.27. The summed E-state index contributed by atoms with van der Waals surface area (Å²) in [5, 5.41) is 7.95. The molecule has 0 heterocycles. The third-order valence-corrected chi connectivity index (χ3v) is 4.81. The molecule has 0 saturated heterocycles. The predicted octanol–water partition coefficient (Wildman–Crippen LogP) is 3.43. The zero-order valence-corrected chi connectivity index (χ0v) is 17.4. The Morgan fingerprint density at radius 3 is 1.94 bits per heavy atom. The van der Waals surface area contributed by atoms with Crippen molar-refractivity contribution < 1.29 is 14.4 Å². The highest BCUT2D eigenvalue weighted by Crippen LogP contribution is 2.15. The first kappa shape index (κ1) is 21.8. The van der Waals surface area contributed by atoms with E-state index in [0.717, 1.165) is 17.5 Å². The maximum absolute atomic E-state index is 12.7. The van der Waals surface area contributed by atoms with Crippen LogP contribution in [0.3, 0.4) is 0 Å². The Hall–Kier alpha value is -3.93. The summed E-state index contributed by atoms with van der Waals surface area (Å²) in [5.74, 6) is -1.93. The van der Waals surface area contributed by atoms with Gasteiger partial charge < -0.3 is 16.0 Å². The zero-order valence-electron chi connectivity index (χ0n) is 17.4. The number of carbonyl (C=O) groups excluding carboxylic acids is 3. The number of hydrogen-bond acceptors (Lipinski definition) is 3. The topological polar surface area (TPSA) is 87.3 Å². The number of hydrogen-bond donors (Lipinski definition) is 3. The van der Waals surface area contributed by atoms with Gasteiger partial charge >= 0.3 is 11.8 Å². The van der Waals surface area contributed by atoms with E-state index in [-0.39, 0.29) is 23.7 Å². The molecule has 0 aliphatic heterocycles. The van der Waals surface area contributed by atoms with Crippen LogP contribution in [0.5, 0.6) is 0 Å². The highest BCUT2D eigenvalue weighted by Gasteiger charge is 2.17. The lowest BCUT2D eigenvalue weighted by atomic mass is 10.1. The Morgan fingerprint density at radius 1 is 0.645 bits per heavy atom. The number of rotatable bonds is 7. The van der Waals surface area contributed by atoms with Gasteiger partial charge in [0.25, 0.3) is 5.91 Å². The molecule has 0 radical (unpaired) electrons. The van der Waals surface area contributed by atoms with Gasteiger partial charge in [-0.05, 0) is 35.2 Å². The summed E-state index contributed by atoms with van der Waals surface area (Å²) in [4.78, 5) is 37.1. The van der Waals surface area contributed by atoms with Crippen LogP contribution in [-0.4, -0.2) is 17.7 Å². The van der Waals surface area contributed by atoms with E-state index in [0.29, 0.717) is 6.54 Å². The average Bonchev–Trinajstić information content (AvgIpc) is 2.82. The van der Waals surface area contributed by atoms with E-state index in [1.54, 1.807) is 24.3 Å². The maximum atomic E-state index is 12.7. The first-order chi connectivity index (χ1) is 15.1. The molecule has 6 heteroatoms. The molecule has 0 unspecified atom stereocenters. The summed E-state index contributed by atoms with van der Waals surface area (Å²) in [5.41, 5.74) is 3.66. The van der Waals surface area contributed by atoms with Gasteiger partial charge in [0.1, 0.15) is 0 Å². The fourth-order valence-corrected chi connectivity index (χ4v) is 3.00. The fraction of sp³-hybridized carbons (Fsp3) is 0.160. The van der Waals surface area contributed by atoms with E-state index in [1.165, 1.54) is 5.56 Å². The molecule has 0 aromatic heterocycles. The standard InChI is InChI=1S/C25H25N3O3/c1-2-18-12-14-20(15-13-18)17-26-23(29)21-10-6-7-11-22(21)28-25(31)24(30)27-16-19-8-4-3-5-9-19/h3-15H,2,16-17H2,1H3,(H,26,29)(H,27,30)(H,28,31). The van der Waals surface area contributed by atoms with Crippen molar-refractivity contribution >= 4 is 23.4 Å². The summed E-state index contributed by atoms with van der Waals surface area (Å²) >= 11 is 0. The van der Waals surface area contributed by atoms with Crippen LogP contribution >= 0.6 is 0 Å². The molecular formula is C25H25N3O3. The van der Waals surface area contributed by atoms with E-state index in [1.807, 2.05) is 54.6 Å². The Kier molecular flexibility index (Phi) is 7.54. The number of carbonyl (C=O) groups is 3. The third-order valence-electron chi connectivity index (χ3n) is 4.81. The average molecular weight is 415 g/mol. The van der Waals surface area contributed by atoms with Crippen LogP contribution in [0.15, 0.2) is 78.9 Å². The first-order valence-electron chi connectivity index (χ1n) is 10.1. The van der Waals surface area contributed by atoms with Crippen LogP contribution in [0.25, 0.3) is 0 Å². The number of nitrogens with one attached hydrogen (secondary N) is 3. The maximum Gasteiger partial charge on any atom is 0.313 e. The fourth-order valence-electron chi connectivity index (χ4n) is 3.00. The molecule has 0 saturated carbocycles. The van der Waals surface area contributed by atoms with Gasteiger partial charge in [-0.15, -0.1) is 0 Å². The molecule has 0 aliphatic rings. The van der Waals surface area contributed by atoms with Gasteiger partial charge in [-0.3, -0.25) is 14.4 Å². The minimum Gasteiger partial charge on any atom is -0.348 e. The van der Waals surface area contributed by atoms with E-state index >= 15 is 0 Å². The van der Waals surface area contributed by atoms with Gasteiger partial charge in [0.2, 0.25) is 0 Å². The van der Waals surface area contributed by atoms with Crippen molar-refractivity contribution in [1.29, 1.82) is 0 Å². The number of anilines is 1. The van der Waals surface area contributed by atoms with Gasteiger partial charge in [0, 0.05) is 13.1 Å². The quantitative estimate of drug-likeness (QED) is 0.517. The lowest BCUT2D eigenvalue weighted by Crippen LogP contribution is -2.35. The molecule has 0 spiro atoms. The van der Waals surface area contributed by atoms with Gasteiger partial charge in [-0.25, -0.2) is 0 Å². The van der Waals surface area contributed by atoms with Gasteiger partial charge in [-0.2, -0.15) is 0 Å². The van der Waals surface area contributed by atoms with E-state index in [2.05, 4.69) is 22.9 Å². The predicted molar refractivity (Wildman–Crippen MR) is 120 cm³/mol. The van der Waals surface area contributed by atoms with Crippen molar-refractivity contribution in [1.82, 2.24) is 10.6 Å². The summed E-state index contributed by atoms with van der Waals surface area (Å²) in [6.45, 7) is 2.69. The van der Waals surface area contributed by atoms with Crippen molar-refractivity contribution in [3.05, 3.63) is 101 Å². The van der Waals surface area contributed by atoms with E-state index in [9.17, 15) is 14.4 Å². The van der Waals surface area contributed by atoms with Crippen LogP contribution in [0, 0.1) is 0 Å². The molecule has 6 nitrogen and oxygen atoms in total. The first-order valence-corrected chi connectivity index (χ1v) is 10.1. The lowest BCUT2D eigenvalue weighted by molar-refractivity contribution is -0.136. The molecule has 3 aromatic carbocycles. The Labute approximate surface area is 181 Å². The highest BCUT2D eigenvalue weighted by molar-refractivity contribution is 6.40. The molecule has 0 fully saturated rings. The van der Waals surface area contributed by atoms with Crippen LogP contribution in [-0.2, 0) is 29.1 Å². The van der Waals surface area contributed by atoms with Crippen molar-refractivity contribution in [2.24, 2.45) is 0 Å². The van der Waals surface area contributed by atoms with Crippen molar-refractivity contribution in [2.45, 2.75) is 26.4 Å². The Morgan fingerprint density at radius 2 is 1.23 bits per heavy atom. The normalized spacial score (nSPS) is 10.2. The van der Waals surface area contributed by atoms with Crippen LogP contribution in [0.1, 0.15) is 34.0 Å².